The molecule has 1 fully saturated rings. The molecule has 0 amide bonds. The summed E-state index contributed by atoms with van der Waals surface area (Å²) in [4.78, 5) is 37.5. The van der Waals surface area contributed by atoms with Crippen LogP contribution >= 0.6 is 23.1 Å². The second kappa shape index (κ2) is 12.3. The SMILES string of the molecule is CS[C@H]1C(c2ccc(C)c(Cc3ccc(-c4ccccc4C=O)s3)c2)O[C@H](C)[C@@H](OC(C)=O)[C@@H]1OC(C)=O. The number of esters is 2. The number of aldehydes is 1. The molecule has 0 spiro atoms. The molecule has 1 saturated heterocycles. The lowest BCUT2D eigenvalue weighted by molar-refractivity contribution is -0.202. The highest BCUT2D eigenvalue weighted by atomic mass is 32.2. The molecule has 0 N–H and O–H groups in total. The molecule has 38 heavy (non-hydrogen) atoms. The van der Waals surface area contributed by atoms with Gasteiger partial charge in [0, 0.05) is 41.1 Å². The second-order valence-corrected chi connectivity index (χ2v) is 11.6. The first kappa shape index (κ1) is 28.1. The van der Waals surface area contributed by atoms with E-state index in [2.05, 4.69) is 37.3 Å². The predicted octanol–water partition coefficient (Wildman–Crippen LogP) is 6.18. The molecule has 4 rings (SSSR count). The summed E-state index contributed by atoms with van der Waals surface area (Å²) in [6, 6.07) is 18.1. The van der Waals surface area contributed by atoms with Crippen LogP contribution in [0.3, 0.4) is 0 Å². The van der Waals surface area contributed by atoms with Crippen molar-refractivity contribution in [3.63, 3.8) is 0 Å². The van der Waals surface area contributed by atoms with Crippen LogP contribution < -0.4 is 0 Å². The summed E-state index contributed by atoms with van der Waals surface area (Å²) in [5.41, 5.74) is 4.94. The summed E-state index contributed by atoms with van der Waals surface area (Å²) in [5, 5.41) is -0.261. The van der Waals surface area contributed by atoms with Gasteiger partial charge in [0.05, 0.1) is 17.5 Å². The van der Waals surface area contributed by atoms with Gasteiger partial charge in [0.2, 0.25) is 0 Å². The molecule has 1 aliphatic heterocycles. The standard InChI is InChI=1S/C30H32O6S2/c1-17-10-11-21(28-30(37-5)29(36-20(4)33)27(18(2)34-28)35-19(3)32)14-23(17)15-24-12-13-26(38-24)25-9-7-6-8-22(25)16-31/h6-14,16,18,27-30H,15H2,1-5H3/t18-,27-,28?,29+,30+/m1/s1. The average molecular weight is 553 g/mol. The van der Waals surface area contributed by atoms with Crippen LogP contribution in [0.25, 0.3) is 10.4 Å². The number of thiophene rings is 1. The largest absolute Gasteiger partial charge is 0.457 e. The highest BCUT2D eigenvalue weighted by Crippen LogP contribution is 2.41. The molecule has 1 aliphatic rings. The molecule has 0 saturated carbocycles. The van der Waals surface area contributed by atoms with Crippen LogP contribution in [0.15, 0.2) is 54.6 Å². The first-order valence-corrected chi connectivity index (χ1v) is 14.6. The van der Waals surface area contributed by atoms with Gasteiger partial charge in [-0.1, -0.05) is 42.5 Å². The Bertz CT molecular complexity index is 1320. The van der Waals surface area contributed by atoms with Gasteiger partial charge in [-0.2, -0.15) is 11.8 Å². The maximum atomic E-state index is 12.0. The first-order chi connectivity index (χ1) is 18.2. The van der Waals surface area contributed by atoms with Crippen LogP contribution in [-0.4, -0.2) is 48.0 Å². The van der Waals surface area contributed by atoms with Gasteiger partial charge >= 0.3 is 11.9 Å². The smallest absolute Gasteiger partial charge is 0.303 e. The van der Waals surface area contributed by atoms with Gasteiger partial charge in [-0.3, -0.25) is 14.4 Å². The van der Waals surface area contributed by atoms with E-state index in [4.69, 9.17) is 14.2 Å². The maximum absolute atomic E-state index is 12.0. The summed E-state index contributed by atoms with van der Waals surface area (Å²) in [6.45, 7) is 6.64. The third kappa shape index (κ3) is 6.20. The Morgan fingerprint density at radius 1 is 1.03 bits per heavy atom. The van der Waals surface area contributed by atoms with Crippen LogP contribution in [0.5, 0.6) is 0 Å². The summed E-state index contributed by atoms with van der Waals surface area (Å²) >= 11 is 3.21. The van der Waals surface area contributed by atoms with E-state index in [1.165, 1.54) is 36.0 Å². The third-order valence-electron chi connectivity index (χ3n) is 6.73. The second-order valence-electron chi connectivity index (χ2n) is 9.44. The van der Waals surface area contributed by atoms with Crippen LogP contribution in [0, 0.1) is 6.92 Å². The Labute approximate surface area is 231 Å². The van der Waals surface area contributed by atoms with Crippen LogP contribution in [0.2, 0.25) is 0 Å². The monoisotopic (exact) mass is 552 g/mol. The molecule has 200 valence electrons. The molecule has 0 bridgehead atoms. The van der Waals surface area contributed by atoms with Gasteiger partial charge in [-0.25, -0.2) is 0 Å². The van der Waals surface area contributed by atoms with Crippen molar-refractivity contribution < 1.29 is 28.6 Å². The van der Waals surface area contributed by atoms with Crippen molar-refractivity contribution in [1.82, 2.24) is 0 Å². The minimum Gasteiger partial charge on any atom is -0.457 e. The van der Waals surface area contributed by atoms with E-state index in [1.54, 1.807) is 11.3 Å². The van der Waals surface area contributed by atoms with Gasteiger partial charge in [-0.15, -0.1) is 11.3 Å². The fourth-order valence-electron chi connectivity index (χ4n) is 4.91. The molecule has 2 heterocycles. The highest BCUT2D eigenvalue weighted by molar-refractivity contribution is 7.99. The normalized spacial score (nSPS) is 23.0. The van der Waals surface area contributed by atoms with E-state index >= 15 is 0 Å². The van der Waals surface area contributed by atoms with Crippen molar-refractivity contribution in [1.29, 1.82) is 0 Å². The number of rotatable bonds is 8. The number of hydrogen-bond donors (Lipinski definition) is 0. The molecular weight excluding hydrogens is 520 g/mol. The van der Waals surface area contributed by atoms with Gasteiger partial charge < -0.3 is 14.2 Å². The summed E-state index contributed by atoms with van der Waals surface area (Å²) in [5.74, 6) is -0.863. The minimum absolute atomic E-state index is 0.261. The number of thioether (sulfide) groups is 1. The molecule has 0 aliphatic carbocycles. The van der Waals surface area contributed by atoms with Crippen molar-refractivity contribution in [2.75, 3.05) is 6.26 Å². The van der Waals surface area contributed by atoms with Gasteiger partial charge in [0.25, 0.3) is 0 Å². The fourth-order valence-corrected chi connectivity index (χ4v) is 6.93. The lowest BCUT2D eigenvalue weighted by Gasteiger charge is -2.44. The van der Waals surface area contributed by atoms with E-state index in [0.29, 0.717) is 5.56 Å². The lowest BCUT2D eigenvalue weighted by atomic mass is 9.91. The number of hydrogen-bond acceptors (Lipinski definition) is 8. The average Bonchev–Trinajstić information content (AvgIpc) is 3.35. The van der Waals surface area contributed by atoms with Crippen molar-refractivity contribution in [3.8, 4) is 10.4 Å². The quantitative estimate of drug-likeness (QED) is 0.244. The molecule has 6 nitrogen and oxygen atoms in total. The van der Waals surface area contributed by atoms with E-state index in [9.17, 15) is 14.4 Å². The van der Waals surface area contributed by atoms with E-state index in [1.807, 2.05) is 37.4 Å². The fraction of sp³-hybridized carbons (Fsp3) is 0.367. The number of benzene rings is 2. The maximum Gasteiger partial charge on any atom is 0.303 e. The summed E-state index contributed by atoms with van der Waals surface area (Å²) in [6.07, 6.45) is 1.44. The molecule has 1 unspecified atom stereocenters. The van der Waals surface area contributed by atoms with Gasteiger partial charge in [0.15, 0.2) is 18.5 Å². The van der Waals surface area contributed by atoms with Gasteiger partial charge in [0.1, 0.15) is 0 Å². The Morgan fingerprint density at radius 2 is 1.74 bits per heavy atom. The van der Waals surface area contributed by atoms with Crippen molar-refractivity contribution in [3.05, 3.63) is 81.7 Å². The Balaban J connectivity index is 1.62. The molecule has 2 aromatic carbocycles. The molecule has 3 aromatic rings. The van der Waals surface area contributed by atoms with Crippen molar-refractivity contribution in [2.45, 2.75) is 63.8 Å². The van der Waals surface area contributed by atoms with Crippen molar-refractivity contribution >= 4 is 41.3 Å². The zero-order valence-electron chi connectivity index (χ0n) is 22.1. The van der Waals surface area contributed by atoms with Crippen LogP contribution in [-0.2, 0) is 30.2 Å². The van der Waals surface area contributed by atoms with E-state index < -0.39 is 30.3 Å². The topological polar surface area (TPSA) is 78.9 Å². The zero-order valence-corrected chi connectivity index (χ0v) is 23.8. The highest BCUT2D eigenvalue weighted by Gasteiger charge is 2.48. The third-order valence-corrected chi connectivity index (χ3v) is 8.91. The Hall–Kier alpha value is -2.94. The van der Waals surface area contributed by atoms with Crippen molar-refractivity contribution in [2.24, 2.45) is 0 Å². The van der Waals surface area contributed by atoms with E-state index in [-0.39, 0.29) is 11.4 Å². The Kier molecular flexibility index (Phi) is 9.07. The molecular formula is C30H32O6S2. The van der Waals surface area contributed by atoms with E-state index in [0.717, 1.165) is 34.3 Å². The lowest BCUT2D eigenvalue weighted by Crippen LogP contribution is -2.55. The van der Waals surface area contributed by atoms with Gasteiger partial charge in [-0.05, 0) is 48.9 Å². The Morgan fingerprint density at radius 3 is 2.42 bits per heavy atom. The molecule has 1 aromatic heterocycles. The predicted molar refractivity (Wildman–Crippen MR) is 151 cm³/mol. The van der Waals surface area contributed by atoms with Crippen LogP contribution in [0.1, 0.15) is 58.8 Å². The molecule has 8 heteroatoms. The first-order valence-electron chi connectivity index (χ1n) is 12.5. The number of carbonyl (C=O) groups is 3. The summed E-state index contributed by atoms with van der Waals surface area (Å²) in [7, 11) is 0. The number of carbonyl (C=O) groups excluding carboxylic acids is 3. The zero-order chi connectivity index (χ0) is 27.4. The number of aryl methyl sites for hydroxylation is 1. The summed E-state index contributed by atoms with van der Waals surface area (Å²) < 4.78 is 17.7. The molecule has 5 atom stereocenters. The molecule has 0 radical (unpaired) electrons. The number of ether oxygens (including phenoxy) is 3. The van der Waals surface area contributed by atoms with Crippen LogP contribution in [0.4, 0.5) is 0 Å². The minimum atomic E-state index is -0.686.